The summed E-state index contributed by atoms with van der Waals surface area (Å²) in [5, 5.41) is 0. The third-order valence-corrected chi connectivity index (χ3v) is 19.4. The zero-order chi connectivity index (χ0) is 52.7. The Morgan fingerprint density at radius 1 is 0.397 bits per heavy atom. The molecule has 0 unspecified atom stereocenters. The minimum absolute atomic E-state index is 0.531. The van der Waals surface area contributed by atoms with Gasteiger partial charge in [0.05, 0.1) is 40.3 Å². The van der Waals surface area contributed by atoms with Crippen LogP contribution in [0.25, 0.3) is 87.5 Å². The van der Waals surface area contributed by atoms with Crippen LogP contribution in [0.2, 0.25) is 0 Å². The van der Waals surface area contributed by atoms with Crippen LogP contribution in [0.1, 0.15) is 187 Å². The Hall–Kier alpha value is -6.44. The number of hydrogen-bond acceptors (Lipinski definition) is 13. The molecule has 14 rings (SSSR count). The molecule has 6 aromatic heterocycles. The van der Waals surface area contributed by atoms with Crippen LogP contribution in [0.4, 0.5) is 0 Å². The van der Waals surface area contributed by atoms with Crippen molar-refractivity contribution >= 4 is 67.1 Å². The van der Waals surface area contributed by atoms with Crippen molar-refractivity contribution in [1.82, 2.24) is 19.9 Å². The molecule has 78 heavy (non-hydrogen) atoms. The number of aryl methyl sites for hydroxylation is 1. The highest BCUT2D eigenvalue weighted by Gasteiger charge is 2.27. The van der Waals surface area contributed by atoms with Crippen LogP contribution in [0.15, 0.2) is 90.5 Å². The Bertz CT molecular complexity index is 3600. The van der Waals surface area contributed by atoms with Gasteiger partial charge in [-0.15, -0.1) is 22.7 Å². The summed E-state index contributed by atoms with van der Waals surface area (Å²) < 4.78 is 42.5. The second-order valence-corrected chi connectivity index (χ2v) is 24.5. The summed E-state index contributed by atoms with van der Waals surface area (Å²) >= 11 is 3.19. The molecule has 0 saturated heterocycles. The Morgan fingerprint density at radius 3 is 1.03 bits per heavy atom. The van der Waals surface area contributed by atoms with Gasteiger partial charge in [-0.1, -0.05) is 77.0 Å². The van der Waals surface area contributed by atoms with Gasteiger partial charge in [0.25, 0.3) is 0 Å². The Balaban J connectivity index is 0.000000148. The van der Waals surface area contributed by atoms with Crippen LogP contribution >= 0.6 is 22.7 Å². The second kappa shape index (κ2) is 22.4. The second-order valence-electron chi connectivity index (χ2n) is 22.3. The normalized spacial score (nSPS) is 17.3. The number of benzene rings is 4. The van der Waals surface area contributed by atoms with Gasteiger partial charge in [-0.3, -0.25) is 0 Å². The van der Waals surface area contributed by atoms with E-state index < -0.39 is 0 Å². The van der Waals surface area contributed by atoms with Crippen molar-refractivity contribution in [1.29, 1.82) is 0 Å². The van der Waals surface area contributed by atoms with Crippen molar-refractivity contribution in [3.05, 3.63) is 101 Å². The van der Waals surface area contributed by atoms with Gasteiger partial charge in [-0.05, 0) is 171 Å². The van der Waals surface area contributed by atoms with Gasteiger partial charge in [0.1, 0.15) is 39.3 Å². The molecule has 0 spiro atoms. The van der Waals surface area contributed by atoms with Gasteiger partial charge in [-0.25, -0.2) is 19.9 Å². The fourth-order valence-electron chi connectivity index (χ4n) is 13.2. The third-order valence-electron chi connectivity index (χ3n) is 17.3. The first-order valence-electron chi connectivity index (χ1n) is 29.0. The summed E-state index contributed by atoms with van der Waals surface area (Å²) in [6.45, 7) is 4.89. The number of ether oxygens (including phenoxy) is 3. The number of methoxy groups -OCH3 is 2. The van der Waals surface area contributed by atoms with Crippen LogP contribution in [0.5, 0.6) is 17.2 Å². The highest BCUT2D eigenvalue weighted by Crippen LogP contribution is 2.46. The smallest absolute Gasteiger partial charge is 0.237 e. The highest BCUT2D eigenvalue weighted by molar-refractivity contribution is 7.19. The summed E-state index contributed by atoms with van der Waals surface area (Å²) in [7, 11) is 3.48. The minimum Gasteiger partial charge on any atom is -0.496 e. The molecule has 11 nitrogen and oxygen atoms in total. The lowest BCUT2D eigenvalue weighted by Crippen LogP contribution is -2.07. The van der Waals surface area contributed by atoms with Crippen LogP contribution in [0.3, 0.4) is 0 Å². The van der Waals surface area contributed by atoms with Crippen molar-refractivity contribution < 1.29 is 31.9 Å². The molecule has 10 aromatic rings. The molecule has 4 fully saturated rings. The van der Waals surface area contributed by atoms with Gasteiger partial charge in [-0.2, -0.15) is 0 Å². The zero-order valence-electron chi connectivity index (χ0n) is 45.5. The first kappa shape index (κ1) is 51.0. The number of fused-ring (bicyclic) bond motifs is 4. The first-order chi connectivity index (χ1) is 38.4. The molecule has 4 aromatic carbocycles. The Morgan fingerprint density at radius 2 is 0.692 bits per heavy atom. The molecule has 4 saturated carbocycles. The SMILES string of the molecule is CCOc1cc2oc(-c3ccc(-c4nc5cc(C6CCCCC6)c(C)cc5o4)s3)nc2cc1C1CCCCC1.COc1cc2oc(-c3ccc(-c4nc5cc(C6CCCCC6)c(OC)cc5o4)s3)nc2cc1C1CCCCC1. The summed E-state index contributed by atoms with van der Waals surface area (Å²) in [6, 6.07) is 25.2. The van der Waals surface area contributed by atoms with Crippen molar-refractivity contribution in [3.63, 3.8) is 0 Å². The summed E-state index contributed by atoms with van der Waals surface area (Å²) in [6.07, 6.45) is 25.5. The number of rotatable bonds is 12. The van der Waals surface area contributed by atoms with Gasteiger partial charge < -0.3 is 31.9 Å². The topological polar surface area (TPSA) is 132 Å². The monoisotopic (exact) mass is 1080 g/mol. The standard InChI is InChI=1S/C33H36N2O3S.C32H34N2O4S/c1-3-36-27-19-29-26(18-24(27)22-12-8-5-9-13-22)35-33(38-29)31-15-14-30(39-31)32-34-25-17-23(20(2)16-28(25)37-32)21-10-6-4-7-11-21;1-35-25-17-27-23(15-21(25)19-9-5-3-6-10-19)33-31(37-27)29-13-14-30(39-29)32-34-24-16-22(20-11-7-4-8-12-20)26(36-2)18-28(24)38-32/h14-19,21-22H,3-13H2,1-2H3;13-20H,3-12H2,1-2H3. The fourth-order valence-corrected chi connectivity index (χ4v) is 15.0. The summed E-state index contributed by atoms with van der Waals surface area (Å²) in [5.41, 5.74) is 13.3. The number of oxazole rings is 4. The number of hydrogen-bond donors (Lipinski definition) is 0. The maximum atomic E-state index is 6.26. The van der Waals surface area contributed by atoms with E-state index in [1.807, 2.05) is 37.3 Å². The molecule has 0 N–H and O–H groups in total. The molecule has 6 heterocycles. The van der Waals surface area contributed by atoms with Gasteiger partial charge in [0.15, 0.2) is 22.3 Å². The number of thiophene rings is 2. The molecule has 0 atom stereocenters. The predicted octanol–water partition coefficient (Wildman–Crippen LogP) is 19.6. The van der Waals surface area contributed by atoms with E-state index in [1.165, 1.54) is 156 Å². The van der Waals surface area contributed by atoms with Crippen LogP contribution < -0.4 is 14.2 Å². The van der Waals surface area contributed by atoms with E-state index in [9.17, 15) is 0 Å². The fraction of sp³-hybridized carbons (Fsp3) is 0.446. The predicted molar refractivity (Wildman–Crippen MR) is 313 cm³/mol. The molecular formula is C65H70N4O7S2. The molecule has 404 valence electrons. The average molecular weight is 1080 g/mol. The average Bonchev–Trinajstić information content (AvgIpc) is 4.38. The largest absolute Gasteiger partial charge is 0.496 e. The van der Waals surface area contributed by atoms with Crippen molar-refractivity contribution in [2.24, 2.45) is 0 Å². The lowest BCUT2D eigenvalue weighted by molar-refractivity contribution is 0.328. The van der Waals surface area contributed by atoms with E-state index in [2.05, 4.69) is 49.4 Å². The summed E-state index contributed by atoms with van der Waals surface area (Å²) in [5.74, 6) is 7.52. The number of aromatic nitrogens is 4. The lowest BCUT2D eigenvalue weighted by atomic mass is 9.82. The van der Waals surface area contributed by atoms with Crippen LogP contribution in [-0.2, 0) is 0 Å². The molecular weight excluding hydrogens is 1010 g/mol. The number of nitrogens with zero attached hydrogens (tertiary/aromatic N) is 4. The van der Waals surface area contributed by atoms with Crippen molar-refractivity contribution in [2.75, 3.05) is 20.8 Å². The zero-order valence-corrected chi connectivity index (χ0v) is 47.2. The molecule has 13 heteroatoms. The molecule has 0 amide bonds. The van der Waals surface area contributed by atoms with E-state index in [0.29, 0.717) is 53.8 Å². The van der Waals surface area contributed by atoms with Crippen molar-refractivity contribution in [2.45, 2.75) is 166 Å². The van der Waals surface area contributed by atoms with Gasteiger partial charge in [0.2, 0.25) is 23.6 Å². The van der Waals surface area contributed by atoms with E-state index >= 15 is 0 Å². The third kappa shape index (κ3) is 10.3. The van der Waals surface area contributed by atoms with Crippen LogP contribution in [-0.4, -0.2) is 40.8 Å². The molecule has 4 aliphatic rings. The Kier molecular flexibility index (Phi) is 14.6. The van der Waals surface area contributed by atoms with E-state index in [-0.39, 0.29) is 0 Å². The molecule has 0 aliphatic heterocycles. The molecule has 4 aliphatic carbocycles. The lowest BCUT2D eigenvalue weighted by Gasteiger charge is -2.24. The quantitative estimate of drug-likeness (QED) is 0.116. The van der Waals surface area contributed by atoms with Gasteiger partial charge in [0, 0.05) is 18.2 Å². The van der Waals surface area contributed by atoms with Crippen molar-refractivity contribution in [3.8, 4) is 60.3 Å². The summed E-state index contributed by atoms with van der Waals surface area (Å²) in [4.78, 5) is 23.4. The minimum atomic E-state index is 0.531. The highest BCUT2D eigenvalue weighted by atomic mass is 32.1. The van der Waals surface area contributed by atoms with E-state index in [4.69, 9.17) is 51.8 Å². The maximum Gasteiger partial charge on any atom is 0.237 e. The van der Waals surface area contributed by atoms with E-state index in [1.54, 1.807) is 36.9 Å². The molecule has 0 bridgehead atoms. The van der Waals surface area contributed by atoms with Crippen LogP contribution in [0, 0.1) is 6.92 Å². The van der Waals surface area contributed by atoms with Gasteiger partial charge >= 0.3 is 0 Å². The first-order valence-corrected chi connectivity index (χ1v) is 30.7. The molecule has 0 radical (unpaired) electrons. The van der Waals surface area contributed by atoms with E-state index in [0.717, 1.165) is 81.2 Å². The maximum absolute atomic E-state index is 6.26. The Labute approximate surface area is 464 Å².